The van der Waals surface area contributed by atoms with Crippen LogP contribution in [0.5, 0.6) is 0 Å². The lowest BCUT2D eigenvalue weighted by Gasteiger charge is -2.05. The van der Waals surface area contributed by atoms with Gasteiger partial charge in [-0.15, -0.1) is 0 Å². The average molecular weight is 338 g/mol. The number of carbonyl (C=O) groups is 1. The molecular formula is C21H26N2O2. The maximum Gasteiger partial charge on any atom is 0.303 e. The van der Waals surface area contributed by atoms with Gasteiger partial charge in [0.15, 0.2) is 0 Å². The second-order valence-corrected chi connectivity index (χ2v) is 5.80. The molecule has 132 valence electrons. The van der Waals surface area contributed by atoms with Crippen molar-refractivity contribution in [3.8, 4) is 0 Å². The molecule has 0 unspecified atom stereocenters. The number of aliphatic carboxylic acids is 1. The van der Waals surface area contributed by atoms with Crippen molar-refractivity contribution in [3.63, 3.8) is 0 Å². The minimum Gasteiger partial charge on any atom is -0.481 e. The van der Waals surface area contributed by atoms with Gasteiger partial charge in [0.2, 0.25) is 0 Å². The summed E-state index contributed by atoms with van der Waals surface area (Å²) >= 11 is 0. The molecule has 0 heterocycles. The predicted octanol–water partition coefficient (Wildman–Crippen LogP) is 5.73. The zero-order valence-electron chi connectivity index (χ0n) is 15.0. The fourth-order valence-electron chi connectivity index (χ4n) is 2.19. The van der Waals surface area contributed by atoms with Crippen molar-refractivity contribution < 1.29 is 9.90 Å². The number of rotatable bonds is 10. The molecule has 1 N–H and O–H groups in total. The number of nitrogens with zero attached hydrogens (tertiary/aromatic N) is 2. The summed E-state index contributed by atoms with van der Waals surface area (Å²) in [5.41, 5.74) is 4.55. The summed E-state index contributed by atoms with van der Waals surface area (Å²) < 4.78 is 0. The Bertz CT molecular complexity index is 713. The number of unbranched alkanes of at least 4 members (excludes halogenated alkanes) is 1. The number of hydrogen-bond acceptors (Lipinski definition) is 3. The summed E-state index contributed by atoms with van der Waals surface area (Å²) in [7, 11) is 0. The average Bonchev–Trinajstić information content (AvgIpc) is 2.56. The van der Waals surface area contributed by atoms with Crippen LogP contribution in [0.1, 0.15) is 38.2 Å². The number of allylic oxidation sites excluding steroid dienone is 4. The van der Waals surface area contributed by atoms with Crippen molar-refractivity contribution in [2.24, 2.45) is 9.98 Å². The highest BCUT2D eigenvalue weighted by molar-refractivity contribution is 5.89. The van der Waals surface area contributed by atoms with Gasteiger partial charge in [-0.25, -0.2) is 0 Å². The largest absolute Gasteiger partial charge is 0.481 e. The molecule has 0 spiro atoms. The molecule has 25 heavy (non-hydrogen) atoms. The zero-order valence-corrected chi connectivity index (χ0v) is 15.0. The van der Waals surface area contributed by atoms with Gasteiger partial charge in [0.25, 0.3) is 0 Å². The fourth-order valence-corrected chi connectivity index (χ4v) is 2.19. The van der Waals surface area contributed by atoms with Gasteiger partial charge in [-0.3, -0.25) is 14.8 Å². The molecule has 0 radical (unpaired) electrons. The summed E-state index contributed by atoms with van der Waals surface area (Å²) in [6.07, 6.45) is 9.44. The zero-order chi connectivity index (χ0) is 18.7. The Balaban J connectivity index is 2.92. The van der Waals surface area contributed by atoms with Crippen molar-refractivity contribution in [2.45, 2.75) is 39.5 Å². The molecular weight excluding hydrogens is 312 g/mol. The van der Waals surface area contributed by atoms with E-state index >= 15 is 0 Å². The molecule has 0 saturated heterocycles. The van der Waals surface area contributed by atoms with Gasteiger partial charge in [-0.1, -0.05) is 37.5 Å². The number of aliphatic imine (C=N–C) groups is 2. The van der Waals surface area contributed by atoms with E-state index in [0.717, 1.165) is 41.1 Å². The molecule has 0 saturated carbocycles. The number of carboxylic acid groups (broad SMARTS) is 1. The normalized spacial score (nSPS) is 12.4. The maximum absolute atomic E-state index is 10.6. The van der Waals surface area contributed by atoms with Gasteiger partial charge < -0.3 is 5.11 Å². The molecule has 4 heteroatoms. The number of benzene rings is 1. The van der Waals surface area contributed by atoms with Gasteiger partial charge in [0.05, 0.1) is 11.4 Å². The predicted molar refractivity (Wildman–Crippen MR) is 107 cm³/mol. The van der Waals surface area contributed by atoms with E-state index < -0.39 is 5.97 Å². The Kier molecular flexibility index (Phi) is 8.86. The SMILES string of the molecule is C=C/C=C(C=C)/C=N/c1ccc(C)cc1/N=C(\C)CCCCC(=O)O. The van der Waals surface area contributed by atoms with Crippen LogP contribution in [-0.2, 0) is 4.79 Å². The Morgan fingerprint density at radius 3 is 2.56 bits per heavy atom. The first kappa shape index (κ1) is 20.3. The van der Waals surface area contributed by atoms with E-state index in [2.05, 4.69) is 23.1 Å². The Labute approximate surface area is 150 Å². The lowest BCUT2D eigenvalue weighted by atomic mass is 10.1. The quantitative estimate of drug-likeness (QED) is 0.336. The van der Waals surface area contributed by atoms with Gasteiger partial charge in [0, 0.05) is 18.3 Å². The third-order valence-corrected chi connectivity index (χ3v) is 3.52. The van der Waals surface area contributed by atoms with E-state index in [-0.39, 0.29) is 6.42 Å². The van der Waals surface area contributed by atoms with Crippen molar-refractivity contribution in [1.82, 2.24) is 0 Å². The van der Waals surface area contributed by atoms with E-state index in [1.54, 1.807) is 18.4 Å². The van der Waals surface area contributed by atoms with Crippen LogP contribution in [0, 0.1) is 6.92 Å². The van der Waals surface area contributed by atoms with E-state index in [4.69, 9.17) is 5.11 Å². The highest BCUT2D eigenvalue weighted by Gasteiger charge is 2.03. The first-order chi connectivity index (χ1) is 12.0. The molecule has 0 fully saturated rings. The second kappa shape index (κ2) is 10.9. The topological polar surface area (TPSA) is 62.0 Å². The third kappa shape index (κ3) is 8.06. The minimum atomic E-state index is -0.754. The highest BCUT2D eigenvalue weighted by atomic mass is 16.4. The minimum absolute atomic E-state index is 0.202. The van der Waals surface area contributed by atoms with Gasteiger partial charge in [0.1, 0.15) is 0 Å². The van der Waals surface area contributed by atoms with Crippen molar-refractivity contribution in [3.05, 3.63) is 60.7 Å². The third-order valence-electron chi connectivity index (χ3n) is 3.52. The van der Waals surface area contributed by atoms with Crippen LogP contribution in [0.25, 0.3) is 0 Å². The summed E-state index contributed by atoms with van der Waals surface area (Å²) in [5, 5.41) is 8.68. The van der Waals surface area contributed by atoms with Crippen LogP contribution >= 0.6 is 0 Å². The Morgan fingerprint density at radius 1 is 1.20 bits per heavy atom. The molecule has 0 aliphatic heterocycles. The Morgan fingerprint density at radius 2 is 1.92 bits per heavy atom. The van der Waals surface area contributed by atoms with Crippen LogP contribution in [-0.4, -0.2) is 23.0 Å². The van der Waals surface area contributed by atoms with Crippen LogP contribution in [0.2, 0.25) is 0 Å². The number of carboxylic acids is 1. The molecule has 0 aliphatic rings. The lowest BCUT2D eigenvalue weighted by Crippen LogP contribution is -1.96. The molecule has 0 aromatic heterocycles. The van der Waals surface area contributed by atoms with Gasteiger partial charge in [-0.2, -0.15) is 0 Å². The Hall–Kier alpha value is -2.75. The number of hydrogen-bond donors (Lipinski definition) is 1. The second-order valence-electron chi connectivity index (χ2n) is 5.80. The summed E-state index contributed by atoms with van der Waals surface area (Å²) in [6.45, 7) is 11.4. The highest BCUT2D eigenvalue weighted by Crippen LogP contribution is 2.29. The lowest BCUT2D eigenvalue weighted by molar-refractivity contribution is -0.137. The van der Waals surface area contributed by atoms with E-state index in [1.807, 2.05) is 38.1 Å². The summed E-state index contributed by atoms with van der Waals surface area (Å²) in [5.74, 6) is -0.754. The molecule has 1 rings (SSSR count). The molecule has 0 aliphatic carbocycles. The van der Waals surface area contributed by atoms with Crippen LogP contribution in [0.4, 0.5) is 11.4 Å². The van der Waals surface area contributed by atoms with Crippen molar-refractivity contribution in [2.75, 3.05) is 0 Å². The van der Waals surface area contributed by atoms with Crippen LogP contribution in [0.3, 0.4) is 0 Å². The standard InChI is InChI=1S/C21H26N2O2/c1-5-9-18(6-2)15-22-19-13-12-16(3)14-20(19)23-17(4)10-7-8-11-21(24)25/h5-6,9,12-15H,1-2,7-8,10-11H2,3-4H3,(H,24,25)/b18-9+,22-15+,23-17+. The maximum atomic E-state index is 10.6. The molecule has 1 aromatic carbocycles. The smallest absolute Gasteiger partial charge is 0.303 e. The monoisotopic (exact) mass is 338 g/mol. The first-order valence-corrected chi connectivity index (χ1v) is 8.32. The van der Waals surface area contributed by atoms with Crippen LogP contribution < -0.4 is 0 Å². The van der Waals surface area contributed by atoms with Crippen molar-refractivity contribution >= 4 is 29.3 Å². The molecule has 1 aromatic rings. The van der Waals surface area contributed by atoms with Gasteiger partial charge in [-0.05, 0) is 56.4 Å². The first-order valence-electron chi connectivity index (χ1n) is 8.32. The molecule has 4 nitrogen and oxygen atoms in total. The summed E-state index contributed by atoms with van der Waals surface area (Å²) in [6, 6.07) is 5.94. The van der Waals surface area contributed by atoms with E-state index in [1.165, 1.54) is 0 Å². The van der Waals surface area contributed by atoms with E-state index in [0.29, 0.717) is 6.42 Å². The van der Waals surface area contributed by atoms with Crippen molar-refractivity contribution in [1.29, 1.82) is 0 Å². The van der Waals surface area contributed by atoms with Crippen LogP contribution in [0.15, 0.2) is 65.1 Å². The van der Waals surface area contributed by atoms with Gasteiger partial charge >= 0.3 is 5.97 Å². The summed E-state index contributed by atoms with van der Waals surface area (Å²) in [4.78, 5) is 19.7. The fraction of sp³-hybridized carbons (Fsp3) is 0.286. The molecule has 0 atom stereocenters. The molecule has 0 amide bonds. The molecule has 0 bridgehead atoms. The van der Waals surface area contributed by atoms with E-state index in [9.17, 15) is 4.79 Å². The number of aryl methyl sites for hydroxylation is 1.